The molecule has 2 N–H and O–H groups in total. The van der Waals surface area contributed by atoms with Crippen LogP contribution in [0.1, 0.15) is 62.4 Å². The Bertz CT molecular complexity index is 865. The smallest absolute Gasteiger partial charge is 0.139 e. The molecular weight excluding hydrogens is 351 g/mol. The molecule has 2 rings (SSSR count). The second-order valence-electron chi connectivity index (χ2n) is 9.06. The van der Waals surface area contributed by atoms with Crippen LogP contribution in [0.15, 0.2) is 30.6 Å². The molecule has 0 fully saturated rings. The average molecular weight is 383 g/mol. The summed E-state index contributed by atoms with van der Waals surface area (Å²) in [5.41, 5.74) is 3.31. The topological polar surface area (TPSA) is 63.8 Å². The van der Waals surface area contributed by atoms with Crippen LogP contribution >= 0.6 is 0 Å². The van der Waals surface area contributed by atoms with Crippen LogP contribution in [0, 0.1) is 30.1 Å². The Hall–Kier alpha value is -2.56. The number of anilines is 1. The van der Waals surface area contributed by atoms with Crippen molar-refractivity contribution in [2.75, 3.05) is 4.90 Å². The van der Waals surface area contributed by atoms with E-state index in [9.17, 15) is 4.39 Å². The first-order valence-corrected chi connectivity index (χ1v) is 9.47. The normalized spacial score (nSPS) is 12.0. The first-order valence-electron chi connectivity index (χ1n) is 9.47. The molecule has 0 aliphatic carbocycles. The van der Waals surface area contributed by atoms with E-state index < -0.39 is 5.67 Å². The van der Waals surface area contributed by atoms with Gasteiger partial charge in [0.05, 0.1) is 12.0 Å². The maximum atomic E-state index is 14.7. The van der Waals surface area contributed by atoms with Gasteiger partial charge in [-0.05, 0) is 62.3 Å². The third-order valence-corrected chi connectivity index (χ3v) is 4.61. The number of pyridine rings is 1. The molecule has 0 saturated carbocycles. The number of hydrogen-bond acceptors (Lipinski definition) is 3. The molecule has 0 unspecified atom stereocenters. The minimum absolute atomic E-state index is 0.0404. The zero-order valence-electron chi connectivity index (χ0n) is 17.9. The number of nitrogens with one attached hydrogen (secondary N) is 2. The van der Waals surface area contributed by atoms with E-state index in [2.05, 4.69) is 37.9 Å². The summed E-state index contributed by atoms with van der Waals surface area (Å²) >= 11 is 0. The molecule has 0 bridgehead atoms. The quantitative estimate of drug-likeness (QED) is 0.497. The number of aromatic nitrogens is 1. The highest BCUT2D eigenvalue weighted by atomic mass is 19.1. The van der Waals surface area contributed by atoms with Crippen molar-refractivity contribution in [3.05, 3.63) is 58.4 Å². The molecule has 0 atom stereocenters. The van der Waals surface area contributed by atoms with Gasteiger partial charge in [-0.1, -0.05) is 32.9 Å². The number of alkyl halides is 1. The van der Waals surface area contributed by atoms with E-state index in [0.717, 1.165) is 29.6 Å². The van der Waals surface area contributed by atoms with Crippen molar-refractivity contribution in [2.45, 2.75) is 60.6 Å². The maximum Gasteiger partial charge on any atom is 0.139 e. The summed E-state index contributed by atoms with van der Waals surface area (Å²) in [5, 5.41) is 16.6. The van der Waals surface area contributed by atoms with Crippen LogP contribution in [0.3, 0.4) is 0 Å². The highest BCUT2D eigenvalue weighted by Crippen LogP contribution is 2.32. The fraction of sp³-hybridized carbons (Fsp3) is 0.435. The lowest BCUT2D eigenvalue weighted by Gasteiger charge is -2.28. The summed E-state index contributed by atoms with van der Waals surface area (Å²) < 4.78 is 14.7. The molecule has 28 heavy (non-hydrogen) atoms. The number of halogens is 1. The molecule has 1 heterocycles. The van der Waals surface area contributed by atoms with Crippen molar-refractivity contribution in [3.63, 3.8) is 0 Å². The van der Waals surface area contributed by atoms with Crippen molar-refractivity contribution in [3.8, 4) is 0 Å². The van der Waals surface area contributed by atoms with Crippen molar-refractivity contribution < 1.29 is 4.39 Å². The standard InChI is InChI=1S/C23H31FN4/c1-15-10-17(12-22(3,4)5)11-16(2)20(15)28(14-25)21(26)18-13-27-9-8-19(18)23(6,7)24/h8-11,13-14,25-26H,12H2,1-7H3. The van der Waals surface area contributed by atoms with Crippen LogP contribution in [0.25, 0.3) is 0 Å². The van der Waals surface area contributed by atoms with Gasteiger partial charge < -0.3 is 0 Å². The molecule has 0 amide bonds. The molecule has 5 heteroatoms. The zero-order chi connectivity index (χ0) is 21.3. The Balaban J connectivity index is 2.53. The summed E-state index contributed by atoms with van der Waals surface area (Å²) in [5.74, 6) is 0.0404. The van der Waals surface area contributed by atoms with E-state index in [4.69, 9.17) is 10.8 Å². The second-order valence-corrected chi connectivity index (χ2v) is 9.06. The zero-order valence-corrected chi connectivity index (χ0v) is 17.9. The van der Waals surface area contributed by atoms with Crippen LogP contribution in [-0.2, 0) is 12.1 Å². The van der Waals surface area contributed by atoms with Gasteiger partial charge in [-0.25, -0.2) is 4.39 Å². The Morgan fingerprint density at radius 3 is 2.18 bits per heavy atom. The molecule has 0 radical (unpaired) electrons. The molecule has 150 valence electrons. The average Bonchev–Trinajstić information content (AvgIpc) is 2.55. The molecule has 0 spiro atoms. The van der Waals surface area contributed by atoms with E-state index >= 15 is 0 Å². The van der Waals surface area contributed by atoms with Crippen LogP contribution in [-0.4, -0.2) is 17.2 Å². The van der Waals surface area contributed by atoms with Gasteiger partial charge in [-0.2, -0.15) is 0 Å². The number of hydrogen-bond donors (Lipinski definition) is 2. The lowest BCUT2D eigenvalue weighted by Crippen LogP contribution is -2.32. The molecule has 4 nitrogen and oxygen atoms in total. The van der Waals surface area contributed by atoms with Gasteiger partial charge in [0.15, 0.2) is 0 Å². The predicted molar refractivity (Wildman–Crippen MR) is 116 cm³/mol. The molecule has 1 aromatic heterocycles. The highest BCUT2D eigenvalue weighted by molar-refractivity contribution is 6.18. The number of aryl methyl sites for hydroxylation is 2. The molecule has 0 aliphatic rings. The third-order valence-electron chi connectivity index (χ3n) is 4.61. The molecule has 1 aromatic carbocycles. The van der Waals surface area contributed by atoms with Gasteiger partial charge in [-0.3, -0.25) is 20.7 Å². The summed E-state index contributed by atoms with van der Waals surface area (Å²) in [4.78, 5) is 5.58. The fourth-order valence-electron chi connectivity index (χ4n) is 3.61. The number of benzene rings is 1. The Kier molecular flexibility index (Phi) is 6.07. The Morgan fingerprint density at radius 2 is 1.71 bits per heavy atom. The van der Waals surface area contributed by atoms with Crippen LogP contribution < -0.4 is 4.90 Å². The van der Waals surface area contributed by atoms with Gasteiger partial charge in [0.25, 0.3) is 0 Å². The lowest BCUT2D eigenvalue weighted by atomic mass is 9.86. The van der Waals surface area contributed by atoms with Gasteiger partial charge in [-0.15, -0.1) is 0 Å². The van der Waals surface area contributed by atoms with Gasteiger partial charge in [0.2, 0.25) is 0 Å². The SMILES string of the molecule is Cc1cc(CC(C)(C)C)cc(C)c1N(C=N)C(=N)c1cnccc1C(C)(C)F. The van der Waals surface area contributed by atoms with Gasteiger partial charge in [0, 0.05) is 23.5 Å². The molecule has 0 aliphatic heterocycles. The predicted octanol–water partition coefficient (Wildman–Crippen LogP) is 5.93. The van der Waals surface area contributed by atoms with Crippen molar-refractivity contribution in [1.29, 1.82) is 10.8 Å². The summed E-state index contributed by atoms with van der Waals surface area (Å²) in [7, 11) is 0. The van der Waals surface area contributed by atoms with E-state index in [1.807, 2.05) is 13.8 Å². The van der Waals surface area contributed by atoms with E-state index in [-0.39, 0.29) is 11.3 Å². The second kappa shape index (κ2) is 7.82. The first-order chi connectivity index (χ1) is 12.8. The third kappa shape index (κ3) is 4.83. The largest absolute Gasteiger partial charge is 0.291 e. The molecule has 0 saturated heterocycles. The Morgan fingerprint density at radius 1 is 1.14 bits per heavy atom. The van der Waals surface area contributed by atoms with E-state index in [1.165, 1.54) is 36.7 Å². The maximum absolute atomic E-state index is 14.7. The Labute approximate surface area is 167 Å². The summed E-state index contributed by atoms with van der Waals surface area (Å²) in [6.45, 7) is 13.5. The highest BCUT2D eigenvalue weighted by Gasteiger charge is 2.27. The fourth-order valence-corrected chi connectivity index (χ4v) is 3.61. The minimum Gasteiger partial charge on any atom is -0.291 e. The lowest BCUT2D eigenvalue weighted by molar-refractivity contribution is 0.221. The van der Waals surface area contributed by atoms with E-state index in [0.29, 0.717) is 11.1 Å². The first kappa shape index (κ1) is 21.7. The van der Waals surface area contributed by atoms with Crippen LogP contribution in [0.4, 0.5) is 10.1 Å². The van der Waals surface area contributed by atoms with Gasteiger partial charge >= 0.3 is 0 Å². The monoisotopic (exact) mass is 382 g/mol. The van der Waals surface area contributed by atoms with Crippen molar-refractivity contribution in [2.24, 2.45) is 5.41 Å². The van der Waals surface area contributed by atoms with E-state index in [1.54, 1.807) is 6.07 Å². The summed E-state index contributed by atoms with van der Waals surface area (Å²) in [6.07, 6.45) is 5.08. The summed E-state index contributed by atoms with van der Waals surface area (Å²) in [6, 6.07) is 5.82. The molecular formula is C23H31FN4. The van der Waals surface area contributed by atoms with Gasteiger partial charge in [0.1, 0.15) is 11.5 Å². The minimum atomic E-state index is -1.61. The molecule has 2 aromatic rings. The number of nitrogens with zero attached hydrogens (tertiary/aromatic N) is 2. The number of rotatable bonds is 5. The van der Waals surface area contributed by atoms with Crippen LogP contribution in [0.5, 0.6) is 0 Å². The van der Waals surface area contributed by atoms with Crippen LogP contribution in [0.2, 0.25) is 0 Å². The van der Waals surface area contributed by atoms with Crippen molar-refractivity contribution in [1.82, 2.24) is 4.98 Å². The van der Waals surface area contributed by atoms with Crippen molar-refractivity contribution >= 4 is 17.9 Å². The number of amidine groups is 1.